The molecular weight excluding hydrogens is 294 g/mol. The van der Waals surface area contributed by atoms with Crippen LogP contribution in [0.1, 0.15) is 23.3 Å². The van der Waals surface area contributed by atoms with Gasteiger partial charge in [0.25, 0.3) is 0 Å². The summed E-state index contributed by atoms with van der Waals surface area (Å²) in [6, 6.07) is 1.42. The van der Waals surface area contributed by atoms with Gasteiger partial charge in [-0.05, 0) is 32.5 Å². The predicted molar refractivity (Wildman–Crippen MR) is 77.8 cm³/mol. The molecule has 1 aromatic rings. The van der Waals surface area contributed by atoms with Gasteiger partial charge in [0, 0.05) is 32.9 Å². The van der Waals surface area contributed by atoms with Crippen molar-refractivity contribution in [3.8, 4) is 0 Å². The van der Waals surface area contributed by atoms with Crippen LogP contribution >= 0.6 is 0 Å². The summed E-state index contributed by atoms with van der Waals surface area (Å²) in [5.74, 6) is -1.14. The fourth-order valence-corrected chi connectivity index (χ4v) is 3.95. The highest BCUT2D eigenvalue weighted by Crippen LogP contribution is 2.21. The van der Waals surface area contributed by atoms with Gasteiger partial charge < -0.3 is 14.6 Å². The number of sulfonamides is 1. The number of hydrogen-bond donors (Lipinski definition) is 1. The molecule has 1 saturated heterocycles. The van der Waals surface area contributed by atoms with Crippen LogP contribution in [0.2, 0.25) is 0 Å². The van der Waals surface area contributed by atoms with E-state index in [2.05, 4.69) is 4.90 Å². The van der Waals surface area contributed by atoms with Crippen LogP contribution in [0.15, 0.2) is 17.2 Å². The Balaban J connectivity index is 2.20. The van der Waals surface area contributed by atoms with E-state index in [1.54, 1.807) is 0 Å². The second kappa shape index (κ2) is 5.78. The molecule has 8 heteroatoms. The van der Waals surface area contributed by atoms with Crippen LogP contribution in [0.3, 0.4) is 0 Å². The highest BCUT2D eigenvalue weighted by molar-refractivity contribution is 7.89. The molecule has 1 atom stereocenters. The topological polar surface area (TPSA) is 82.8 Å². The van der Waals surface area contributed by atoms with Crippen molar-refractivity contribution < 1.29 is 18.3 Å². The van der Waals surface area contributed by atoms with Crippen molar-refractivity contribution in [3.63, 3.8) is 0 Å². The van der Waals surface area contributed by atoms with E-state index >= 15 is 0 Å². The van der Waals surface area contributed by atoms with Gasteiger partial charge in [0.1, 0.15) is 10.6 Å². The molecule has 0 amide bonds. The van der Waals surface area contributed by atoms with Crippen LogP contribution < -0.4 is 0 Å². The molecule has 0 aromatic carbocycles. The molecular formula is C13H21N3O4S. The highest BCUT2D eigenvalue weighted by Gasteiger charge is 2.29. The van der Waals surface area contributed by atoms with E-state index in [4.69, 9.17) is 5.11 Å². The number of likely N-dealkylation sites (tertiary alicyclic amines) is 1. The van der Waals surface area contributed by atoms with E-state index in [9.17, 15) is 13.2 Å². The van der Waals surface area contributed by atoms with Crippen molar-refractivity contribution in [2.45, 2.75) is 23.8 Å². The molecule has 1 fully saturated rings. The van der Waals surface area contributed by atoms with Gasteiger partial charge in [0.15, 0.2) is 0 Å². The molecule has 21 heavy (non-hydrogen) atoms. The van der Waals surface area contributed by atoms with Gasteiger partial charge in [-0.3, -0.25) is 0 Å². The fourth-order valence-electron chi connectivity index (χ4n) is 2.67. The first kappa shape index (κ1) is 16.0. The molecule has 0 bridgehead atoms. The number of carboxylic acids is 1. The zero-order valence-electron chi connectivity index (χ0n) is 12.5. The van der Waals surface area contributed by atoms with Crippen LogP contribution in [0.25, 0.3) is 0 Å². The van der Waals surface area contributed by atoms with Crippen molar-refractivity contribution in [3.05, 3.63) is 18.0 Å². The van der Waals surface area contributed by atoms with E-state index in [0.717, 1.165) is 19.4 Å². The maximum absolute atomic E-state index is 12.5. The van der Waals surface area contributed by atoms with Gasteiger partial charge in [-0.15, -0.1) is 0 Å². The van der Waals surface area contributed by atoms with Gasteiger partial charge in [0.2, 0.25) is 10.0 Å². The van der Waals surface area contributed by atoms with Gasteiger partial charge in [0.05, 0.1) is 0 Å². The number of likely N-dealkylation sites (N-methyl/N-ethyl adjacent to an activating group) is 2. The van der Waals surface area contributed by atoms with Crippen molar-refractivity contribution >= 4 is 16.0 Å². The minimum Gasteiger partial charge on any atom is -0.477 e. The Morgan fingerprint density at radius 1 is 1.48 bits per heavy atom. The number of aromatic nitrogens is 1. The summed E-state index contributed by atoms with van der Waals surface area (Å²) in [6.45, 7) is 1.39. The third-order valence-corrected chi connectivity index (χ3v) is 5.84. The highest BCUT2D eigenvalue weighted by atomic mass is 32.2. The second-order valence-corrected chi connectivity index (χ2v) is 7.58. The molecule has 2 rings (SSSR count). The summed E-state index contributed by atoms with van der Waals surface area (Å²) in [6.07, 6.45) is 3.39. The molecule has 1 aliphatic rings. The van der Waals surface area contributed by atoms with Crippen LogP contribution in [-0.2, 0) is 17.1 Å². The van der Waals surface area contributed by atoms with Crippen molar-refractivity contribution in [2.75, 3.05) is 27.2 Å². The zero-order valence-corrected chi connectivity index (χ0v) is 13.3. The number of carbonyl (C=O) groups is 1. The Labute approximate surface area is 124 Å². The van der Waals surface area contributed by atoms with Crippen LogP contribution in [0.5, 0.6) is 0 Å². The lowest BCUT2D eigenvalue weighted by molar-refractivity contribution is 0.0686. The number of hydrogen-bond acceptors (Lipinski definition) is 4. The molecule has 0 saturated carbocycles. The number of rotatable bonds is 5. The first-order chi connectivity index (χ1) is 9.73. The SMILES string of the molecule is CN1CCCC1CN(C)S(=O)(=O)c1cc(C(=O)O)n(C)c1. The minimum absolute atomic E-state index is 0.0190. The first-order valence-electron chi connectivity index (χ1n) is 6.79. The molecule has 0 radical (unpaired) electrons. The number of carboxylic acid groups (broad SMARTS) is 1. The maximum atomic E-state index is 12.5. The number of aromatic carboxylic acids is 1. The molecule has 0 aliphatic carbocycles. The number of aryl methyl sites for hydroxylation is 1. The van der Waals surface area contributed by atoms with E-state index in [-0.39, 0.29) is 16.6 Å². The van der Waals surface area contributed by atoms with Gasteiger partial charge in [-0.1, -0.05) is 0 Å². The van der Waals surface area contributed by atoms with E-state index in [0.29, 0.717) is 6.54 Å². The van der Waals surface area contributed by atoms with Gasteiger partial charge >= 0.3 is 5.97 Å². The Morgan fingerprint density at radius 2 is 2.14 bits per heavy atom. The fraction of sp³-hybridized carbons (Fsp3) is 0.615. The molecule has 1 aromatic heterocycles. The van der Waals surface area contributed by atoms with Crippen LogP contribution in [0, 0.1) is 0 Å². The van der Waals surface area contributed by atoms with Crippen molar-refractivity contribution in [2.24, 2.45) is 7.05 Å². The Hall–Kier alpha value is -1.38. The second-order valence-electron chi connectivity index (χ2n) is 5.54. The standard InChI is InChI=1S/C13H21N3O4S/c1-14-6-4-5-10(14)8-16(3)21(19,20)11-7-12(13(17)18)15(2)9-11/h7,9-10H,4-6,8H2,1-3H3,(H,17,18). The molecule has 2 heterocycles. The van der Waals surface area contributed by atoms with Gasteiger partial charge in [-0.2, -0.15) is 4.31 Å². The van der Waals surface area contributed by atoms with Crippen molar-refractivity contribution in [1.29, 1.82) is 0 Å². The lowest BCUT2D eigenvalue weighted by Gasteiger charge is -2.25. The van der Waals surface area contributed by atoms with Gasteiger partial charge in [-0.25, -0.2) is 13.2 Å². The lowest BCUT2D eigenvalue weighted by atomic mass is 10.2. The summed E-state index contributed by atoms with van der Waals surface area (Å²) in [4.78, 5) is 13.2. The summed E-state index contributed by atoms with van der Waals surface area (Å²) in [5.41, 5.74) is -0.0417. The molecule has 1 N–H and O–H groups in total. The molecule has 7 nitrogen and oxygen atoms in total. The first-order valence-corrected chi connectivity index (χ1v) is 8.23. The molecule has 118 valence electrons. The molecule has 1 aliphatic heterocycles. The quantitative estimate of drug-likeness (QED) is 0.852. The van der Waals surface area contributed by atoms with E-state index in [1.165, 1.54) is 35.2 Å². The van der Waals surface area contributed by atoms with Crippen LogP contribution in [0.4, 0.5) is 0 Å². The summed E-state index contributed by atoms with van der Waals surface area (Å²) < 4.78 is 27.6. The number of nitrogens with zero attached hydrogens (tertiary/aromatic N) is 3. The third-order valence-electron chi connectivity index (χ3n) is 4.05. The maximum Gasteiger partial charge on any atom is 0.352 e. The predicted octanol–water partition coefficient (Wildman–Crippen LogP) is 0.438. The largest absolute Gasteiger partial charge is 0.477 e. The lowest BCUT2D eigenvalue weighted by Crippen LogP contribution is -2.39. The smallest absolute Gasteiger partial charge is 0.352 e. The van der Waals surface area contributed by atoms with E-state index in [1.807, 2.05) is 7.05 Å². The monoisotopic (exact) mass is 315 g/mol. The normalized spacial score (nSPS) is 20.3. The Bertz CT molecular complexity index is 638. The Morgan fingerprint density at radius 3 is 2.62 bits per heavy atom. The zero-order chi connectivity index (χ0) is 15.8. The summed E-state index contributed by atoms with van der Waals surface area (Å²) in [7, 11) is 1.38. The third kappa shape index (κ3) is 3.12. The summed E-state index contributed by atoms with van der Waals surface area (Å²) in [5, 5.41) is 9.01. The Kier molecular flexibility index (Phi) is 4.40. The average Bonchev–Trinajstić information content (AvgIpc) is 2.96. The average molecular weight is 315 g/mol. The molecule has 0 spiro atoms. The van der Waals surface area contributed by atoms with Crippen molar-refractivity contribution in [1.82, 2.24) is 13.8 Å². The van der Waals surface area contributed by atoms with E-state index < -0.39 is 16.0 Å². The van der Waals surface area contributed by atoms with Crippen LogP contribution in [-0.4, -0.2) is 66.5 Å². The minimum atomic E-state index is -3.66. The summed E-state index contributed by atoms with van der Waals surface area (Å²) >= 11 is 0. The molecule has 1 unspecified atom stereocenters.